The number of hydrogen-bond acceptors (Lipinski definition) is 5. The molecule has 2 heterocycles. The second-order valence-electron chi connectivity index (χ2n) is 6.10. The van der Waals surface area contributed by atoms with Crippen molar-refractivity contribution in [1.82, 2.24) is 15.1 Å². The van der Waals surface area contributed by atoms with E-state index in [1.165, 1.54) is 18.2 Å². The first-order valence-corrected chi connectivity index (χ1v) is 8.45. The van der Waals surface area contributed by atoms with Crippen LogP contribution in [0.5, 0.6) is 5.75 Å². The molecule has 0 radical (unpaired) electrons. The third-order valence-electron chi connectivity index (χ3n) is 3.51. The molecular weight excluding hydrogens is 375 g/mol. The normalized spacial score (nSPS) is 11.0. The van der Waals surface area contributed by atoms with Gasteiger partial charge in [-0.25, -0.2) is 4.39 Å². The molecule has 142 valence electrons. The fourth-order valence-electron chi connectivity index (χ4n) is 2.34. The number of hydrogen-bond donors (Lipinski definition) is 2. The molecule has 7 nitrogen and oxygen atoms in total. The van der Waals surface area contributed by atoms with Crippen LogP contribution in [0, 0.1) is 5.82 Å². The van der Waals surface area contributed by atoms with E-state index in [2.05, 4.69) is 15.5 Å². The van der Waals surface area contributed by atoms with Gasteiger partial charge in [0.1, 0.15) is 23.9 Å². The van der Waals surface area contributed by atoms with Gasteiger partial charge in [-0.2, -0.15) is 5.10 Å². The summed E-state index contributed by atoms with van der Waals surface area (Å²) >= 11 is 5.90. The van der Waals surface area contributed by atoms with E-state index < -0.39 is 11.7 Å². The topological polar surface area (TPSA) is 83.4 Å². The summed E-state index contributed by atoms with van der Waals surface area (Å²) in [5.74, 6) is 0.404. The quantitative estimate of drug-likeness (QED) is 0.640. The van der Waals surface area contributed by atoms with Gasteiger partial charge in [-0.3, -0.25) is 9.89 Å². The first kappa shape index (κ1) is 18.9. The summed E-state index contributed by atoms with van der Waals surface area (Å²) in [5, 5.41) is 9.71. The number of furan rings is 1. The number of anilines is 1. The molecule has 3 rings (SSSR count). The third-order valence-corrected chi connectivity index (χ3v) is 3.80. The summed E-state index contributed by atoms with van der Waals surface area (Å²) in [6, 6.07) is 8.74. The number of H-pyrrole nitrogens is 1. The molecule has 0 saturated carbocycles. The number of carbonyl (C=O) groups excluding carboxylic acids is 1. The van der Waals surface area contributed by atoms with Crippen LogP contribution in [0.2, 0.25) is 5.02 Å². The molecule has 27 heavy (non-hydrogen) atoms. The highest BCUT2D eigenvalue weighted by Crippen LogP contribution is 2.26. The number of aromatic nitrogens is 2. The van der Waals surface area contributed by atoms with Crippen LogP contribution >= 0.6 is 11.6 Å². The van der Waals surface area contributed by atoms with Gasteiger partial charge in [-0.1, -0.05) is 11.6 Å². The lowest BCUT2D eigenvalue weighted by molar-refractivity contribution is 0.0992. The van der Waals surface area contributed by atoms with E-state index in [0.717, 1.165) is 11.8 Å². The summed E-state index contributed by atoms with van der Waals surface area (Å²) in [5.41, 5.74) is 0.875. The molecule has 0 aliphatic heterocycles. The molecule has 0 spiro atoms. The van der Waals surface area contributed by atoms with Crippen molar-refractivity contribution in [2.24, 2.45) is 0 Å². The van der Waals surface area contributed by atoms with Crippen LogP contribution in [-0.2, 0) is 13.2 Å². The largest absolute Gasteiger partial charge is 0.484 e. The lowest BCUT2D eigenvalue weighted by Gasteiger charge is -2.06. The Hall–Kier alpha value is -2.84. The molecule has 0 aliphatic rings. The van der Waals surface area contributed by atoms with Gasteiger partial charge in [0, 0.05) is 12.6 Å². The minimum Gasteiger partial charge on any atom is -0.484 e. The molecule has 0 saturated heterocycles. The lowest BCUT2D eigenvalue weighted by Crippen LogP contribution is -2.11. The summed E-state index contributed by atoms with van der Waals surface area (Å²) in [6.07, 6.45) is 0. The predicted octanol–water partition coefficient (Wildman–Crippen LogP) is 3.69. The number of nitrogens with one attached hydrogen (secondary N) is 2. The SMILES string of the molecule is CN(C)Cc1cc(NC(=O)c2ccc(COc3ccc(F)cc3Cl)o2)n[nH]1. The Morgan fingerprint density at radius 1 is 1.33 bits per heavy atom. The van der Waals surface area contributed by atoms with E-state index >= 15 is 0 Å². The zero-order valence-electron chi connectivity index (χ0n) is 14.8. The molecule has 0 fully saturated rings. The van der Waals surface area contributed by atoms with Gasteiger partial charge in [-0.15, -0.1) is 0 Å². The number of carbonyl (C=O) groups is 1. The number of aromatic amines is 1. The average Bonchev–Trinajstić information content (AvgIpc) is 3.23. The number of halogens is 2. The van der Waals surface area contributed by atoms with Crippen LogP contribution in [0.1, 0.15) is 22.0 Å². The molecule has 1 amide bonds. The highest BCUT2D eigenvalue weighted by atomic mass is 35.5. The Labute approximate surface area is 160 Å². The highest BCUT2D eigenvalue weighted by Gasteiger charge is 2.14. The molecule has 0 bridgehead atoms. The average molecular weight is 393 g/mol. The Kier molecular flexibility index (Phi) is 5.78. The van der Waals surface area contributed by atoms with Crippen molar-refractivity contribution in [2.45, 2.75) is 13.2 Å². The predicted molar refractivity (Wildman–Crippen MR) is 98.4 cm³/mol. The van der Waals surface area contributed by atoms with Gasteiger partial charge in [0.05, 0.1) is 10.7 Å². The van der Waals surface area contributed by atoms with E-state index in [9.17, 15) is 9.18 Å². The van der Waals surface area contributed by atoms with Gasteiger partial charge >= 0.3 is 0 Å². The van der Waals surface area contributed by atoms with Crippen molar-refractivity contribution in [3.8, 4) is 5.75 Å². The highest BCUT2D eigenvalue weighted by molar-refractivity contribution is 6.32. The summed E-state index contributed by atoms with van der Waals surface area (Å²) in [4.78, 5) is 14.2. The van der Waals surface area contributed by atoms with Crippen molar-refractivity contribution in [3.63, 3.8) is 0 Å². The van der Waals surface area contributed by atoms with E-state index in [1.54, 1.807) is 12.1 Å². The number of amides is 1. The maximum absolute atomic E-state index is 13.0. The number of rotatable bonds is 7. The van der Waals surface area contributed by atoms with E-state index in [1.807, 2.05) is 19.0 Å². The van der Waals surface area contributed by atoms with Gasteiger partial charge in [-0.05, 0) is 44.4 Å². The van der Waals surface area contributed by atoms with Crippen molar-refractivity contribution < 1.29 is 18.3 Å². The van der Waals surface area contributed by atoms with Gasteiger partial charge in [0.2, 0.25) is 0 Å². The maximum Gasteiger partial charge on any atom is 0.292 e. The molecule has 0 atom stereocenters. The first-order chi connectivity index (χ1) is 12.9. The van der Waals surface area contributed by atoms with Crippen LogP contribution in [0.25, 0.3) is 0 Å². The molecule has 9 heteroatoms. The van der Waals surface area contributed by atoms with Gasteiger partial charge < -0.3 is 19.4 Å². The number of benzene rings is 1. The number of ether oxygens (including phenoxy) is 1. The van der Waals surface area contributed by atoms with Crippen molar-refractivity contribution in [1.29, 1.82) is 0 Å². The third kappa shape index (κ3) is 5.08. The molecule has 3 aromatic rings. The summed E-state index contributed by atoms with van der Waals surface area (Å²) < 4.78 is 24.0. The Balaban J connectivity index is 1.58. The zero-order valence-corrected chi connectivity index (χ0v) is 15.5. The molecule has 1 aromatic carbocycles. The first-order valence-electron chi connectivity index (χ1n) is 8.07. The van der Waals surface area contributed by atoms with Crippen LogP contribution in [0.4, 0.5) is 10.2 Å². The summed E-state index contributed by atoms with van der Waals surface area (Å²) in [6.45, 7) is 0.727. The molecule has 0 aliphatic carbocycles. The van der Waals surface area contributed by atoms with E-state index in [0.29, 0.717) is 23.9 Å². The fourth-order valence-corrected chi connectivity index (χ4v) is 2.57. The van der Waals surface area contributed by atoms with Crippen molar-refractivity contribution in [2.75, 3.05) is 19.4 Å². The van der Waals surface area contributed by atoms with Crippen LogP contribution < -0.4 is 10.1 Å². The standard InChI is InChI=1S/C18H18ClFN4O3/c1-24(2)9-12-8-17(23-22-12)21-18(25)16-6-4-13(27-16)10-26-15-5-3-11(20)7-14(15)19/h3-8H,9-10H2,1-2H3,(H2,21,22,23,25). The molecule has 2 N–H and O–H groups in total. The second-order valence-corrected chi connectivity index (χ2v) is 6.51. The van der Waals surface area contributed by atoms with Gasteiger partial charge in [0.15, 0.2) is 11.6 Å². The van der Waals surface area contributed by atoms with Crippen LogP contribution in [0.3, 0.4) is 0 Å². The lowest BCUT2D eigenvalue weighted by atomic mass is 10.3. The van der Waals surface area contributed by atoms with Crippen LogP contribution in [0.15, 0.2) is 40.8 Å². The van der Waals surface area contributed by atoms with Crippen LogP contribution in [-0.4, -0.2) is 35.1 Å². The molecule has 2 aromatic heterocycles. The summed E-state index contributed by atoms with van der Waals surface area (Å²) in [7, 11) is 3.87. The van der Waals surface area contributed by atoms with Crippen molar-refractivity contribution >= 4 is 23.3 Å². The minimum absolute atomic E-state index is 0.0496. The molecular formula is C18H18ClFN4O3. The van der Waals surface area contributed by atoms with Crippen molar-refractivity contribution in [3.05, 3.63) is 64.5 Å². The maximum atomic E-state index is 13.0. The Bertz CT molecular complexity index is 938. The van der Waals surface area contributed by atoms with E-state index in [-0.39, 0.29) is 17.4 Å². The second kappa shape index (κ2) is 8.24. The Morgan fingerprint density at radius 2 is 2.15 bits per heavy atom. The zero-order chi connectivity index (χ0) is 19.4. The van der Waals surface area contributed by atoms with E-state index in [4.69, 9.17) is 20.8 Å². The Morgan fingerprint density at radius 3 is 2.89 bits per heavy atom. The minimum atomic E-state index is -0.448. The number of nitrogens with zero attached hydrogens (tertiary/aromatic N) is 2. The monoisotopic (exact) mass is 392 g/mol. The molecule has 0 unspecified atom stereocenters. The smallest absolute Gasteiger partial charge is 0.292 e. The fraction of sp³-hybridized carbons (Fsp3) is 0.222. The van der Waals surface area contributed by atoms with Gasteiger partial charge in [0.25, 0.3) is 5.91 Å².